The highest BCUT2D eigenvalue weighted by molar-refractivity contribution is 7.99. The molecule has 0 bridgehead atoms. The standard InChI is InChI=1S/C7H8O2S2/c8-7(9)2-4-11-6-1-3-10-5-6/h1,3,5H,2,4H2,(H,8,9). The predicted octanol–water partition coefficient (Wildman–Crippen LogP) is 2.31. The molecule has 0 aliphatic carbocycles. The number of carbonyl (C=O) groups is 1. The SMILES string of the molecule is O=C(O)CCSc1ccsc1. The van der Waals surface area contributed by atoms with E-state index in [2.05, 4.69) is 0 Å². The maximum atomic E-state index is 10.1. The topological polar surface area (TPSA) is 37.3 Å². The molecule has 1 rings (SSSR count). The lowest BCUT2D eigenvalue weighted by Gasteiger charge is -1.92. The van der Waals surface area contributed by atoms with Crippen LogP contribution in [0.25, 0.3) is 0 Å². The van der Waals surface area contributed by atoms with E-state index in [1.807, 2.05) is 16.8 Å². The number of thioether (sulfide) groups is 1. The molecule has 2 nitrogen and oxygen atoms in total. The van der Waals surface area contributed by atoms with E-state index < -0.39 is 5.97 Å². The van der Waals surface area contributed by atoms with Crippen molar-refractivity contribution in [2.75, 3.05) is 5.75 Å². The monoisotopic (exact) mass is 188 g/mol. The zero-order valence-corrected chi connectivity index (χ0v) is 7.45. The zero-order valence-electron chi connectivity index (χ0n) is 5.82. The Morgan fingerprint density at radius 2 is 2.55 bits per heavy atom. The van der Waals surface area contributed by atoms with Crippen LogP contribution in [-0.4, -0.2) is 16.8 Å². The molecule has 11 heavy (non-hydrogen) atoms. The zero-order chi connectivity index (χ0) is 8.10. The number of carboxylic acid groups (broad SMARTS) is 1. The second-order valence-electron chi connectivity index (χ2n) is 1.95. The molecular formula is C7H8O2S2. The summed E-state index contributed by atoms with van der Waals surface area (Å²) >= 11 is 3.22. The number of hydrogen-bond acceptors (Lipinski definition) is 3. The third kappa shape index (κ3) is 3.43. The highest BCUT2D eigenvalue weighted by Gasteiger charge is 1.97. The molecule has 0 radical (unpaired) electrons. The van der Waals surface area contributed by atoms with Crippen molar-refractivity contribution in [3.8, 4) is 0 Å². The van der Waals surface area contributed by atoms with Crippen LogP contribution < -0.4 is 0 Å². The maximum Gasteiger partial charge on any atom is 0.304 e. The summed E-state index contributed by atoms with van der Waals surface area (Å²) in [5.41, 5.74) is 0. The molecule has 1 aromatic heterocycles. The van der Waals surface area contributed by atoms with Gasteiger partial charge in [-0.15, -0.1) is 11.8 Å². The summed E-state index contributed by atoms with van der Waals surface area (Å²) in [6.45, 7) is 0. The van der Waals surface area contributed by atoms with Gasteiger partial charge in [0.1, 0.15) is 0 Å². The first-order valence-electron chi connectivity index (χ1n) is 3.16. The molecule has 4 heteroatoms. The summed E-state index contributed by atoms with van der Waals surface area (Å²) in [5, 5.41) is 12.3. The van der Waals surface area contributed by atoms with Crippen molar-refractivity contribution in [2.24, 2.45) is 0 Å². The van der Waals surface area contributed by atoms with Crippen molar-refractivity contribution in [3.63, 3.8) is 0 Å². The molecule has 0 spiro atoms. The number of rotatable bonds is 4. The van der Waals surface area contributed by atoms with Gasteiger partial charge >= 0.3 is 5.97 Å². The van der Waals surface area contributed by atoms with Crippen LogP contribution >= 0.6 is 23.1 Å². The predicted molar refractivity (Wildman–Crippen MR) is 47.3 cm³/mol. The van der Waals surface area contributed by atoms with Gasteiger partial charge in [-0.25, -0.2) is 0 Å². The minimum Gasteiger partial charge on any atom is -0.481 e. The van der Waals surface area contributed by atoms with Gasteiger partial charge in [0, 0.05) is 16.0 Å². The number of thiophene rings is 1. The van der Waals surface area contributed by atoms with Gasteiger partial charge in [-0.3, -0.25) is 4.79 Å². The van der Waals surface area contributed by atoms with Crippen LogP contribution in [0.1, 0.15) is 6.42 Å². The molecule has 1 aromatic rings. The lowest BCUT2D eigenvalue weighted by molar-refractivity contribution is -0.136. The van der Waals surface area contributed by atoms with Crippen LogP contribution in [0.4, 0.5) is 0 Å². The van der Waals surface area contributed by atoms with Gasteiger partial charge in [0.25, 0.3) is 0 Å². The summed E-state index contributed by atoms with van der Waals surface area (Å²) < 4.78 is 0. The van der Waals surface area contributed by atoms with Gasteiger partial charge < -0.3 is 5.11 Å². The van der Waals surface area contributed by atoms with Gasteiger partial charge in [-0.1, -0.05) is 0 Å². The van der Waals surface area contributed by atoms with Crippen molar-refractivity contribution < 1.29 is 9.90 Å². The molecule has 60 valence electrons. The van der Waals surface area contributed by atoms with Crippen molar-refractivity contribution >= 4 is 29.1 Å². The fraction of sp³-hybridized carbons (Fsp3) is 0.286. The van der Waals surface area contributed by atoms with Gasteiger partial charge in [-0.05, 0) is 11.4 Å². The van der Waals surface area contributed by atoms with E-state index >= 15 is 0 Å². The van der Waals surface area contributed by atoms with E-state index in [1.165, 1.54) is 0 Å². The number of carboxylic acids is 1. The van der Waals surface area contributed by atoms with Gasteiger partial charge in [0.05, 0.1) is 6.42 Å². The Bertz CT molecular complexity index is 218. The van der Waals surface area contributed by atoms with Gasteiger partial charge in [0.15, 0.2) is 0 Å². The molecule has 0 aromatic carbocycles. The summed E-state index contributed by atoms with van der Waals surface area (Å²) in [4.78, 5) is 11.3. The summed E-state index contributed by atoms with van der Waals surface area (Å²) in [6.07, 6.45) is 0.237. The first-order valence-corrected chi connectivity index (χ1v) is 5.08. The molecule has 0 saturated heterocycles. The lowest BCUT2D eigenvalue weighted by Crippen LogP contribution is -1.95. The molecule has 0 saturated carbocycles. The molecule has 0 aliphatic heterocycles. The molecule has 1 N–H and O–H groups in total. The van der Waals surface area contributed by atoms with E-state index in [0.29, 0.717) is 5.75 Å². The fourth-order valence-corrected chi connectivity index (χ4v) is 2.31. The number of aliphatic carboxylic acids is 1. The minimum atomic E-state index is -0.729. The van der Waals surface area contributed by atoms with E-state index in [9.17, 15) is 4.79 Å². The average molecular weight is 188 g/mol. The normalized spacial score (nSPS) is 9.82. The van der Waals surface area contributed by atoms with Crippen molar-refractivity contribution in [3.05, 3.63) is 16.8 Å². The van der Waals surface area contributed by atoms with Crippen LogP contribution in [0.2, 0.25) is 0 Å². The Kier molecular flexibility index (Phi) is 3.45. The second-order valence-corrected chi connectivity index (χ2v) is 3.90. The van der Waals surface area contributed by atoms with Crippen molar-refractivity contribution in [2.45, 2.75) is 11.3 Å². The summed E-state index contributed by atoms with van der Waals surface area (Å²) in [7, 11) is 0. The van der Waals surface area contributed by atoms with E-state index in [4.69, 9.17) is 5.11 Å². The second kappa shape index (κ2) is 4.41. The van der Waals surface area contributed by atoms with Crippen LogP contribution in [0.3, 0.4) is 0 Å². The Hall–Kier alpha value is -0.480. The molecule has 0 unspecified atom stereocenters. The highest BCUT2D eigenvalue weighted by Crippen LogP contribution is 2.20. The Morgan fingerprint density at radius 3 is 3.09 bits per heavy atom. The Balaban J connectivity index is 2.19. The lowest BCUT2D eigenvalue weighted by atomic mass is 10.5. The van der Waals surface area contributed by atoms with Gasteiger partial charge in [0.2, 0.25) is 0 Å². The van der Waals surface area contributed by atoms with Crippen LogP contribution in [0, 0.1) is 0 Å². The van der Waals surface area contributed by atoms with Crippen molar-refractivity contribution in [1.29, 1.82) is 0 Å². The molecule has 0 amide bonds. The van der Waals surface area contributed by atoms with E-state index in [0.717, 1.165) is 4.90 Å². The maximum absolute atomic E-state index is 10.1. The Labute approximate surface area is 73.2 Å². The Morgan fingerprint density at radius 1 is 1.73 bits per heavy atom. The molecule has 1 heterocycles. The van der Waals surface area contributed by atoms with E-state index in [1.54, 1.807) is 23.1 Å². The summed E-state index contributed by atoms with van der Waals surface area (Å²) in [5.74, 6) is -0.0702. The highest BCUT2D eigenvalue weighted by atomic mass is 32.2. The summed E-state index contributed by atoms with van der Waals surface area (Å²) in [6, 6.07) is 2.00. The third-order valence-corrected chi connectivity index (χ3v) is 2.91. The van der Waals surface area contributed by atoms with Crippen LogP contribution in [0.15, 0.2) is 21.7 Å². The molecular weight excluding hydrogens is 180 g/mol. The van der Waals surface area contributed by atoms with Crippen LogP contribution in [-0.2, 0) is 4.79 Å². The largest absolute Gasteiger partial charge is 0.481 e. The average Bonchev–Trinajstić information content (AvgIpc) is 2.39. The minimum absolute atomic E-state index is 0.237. The quantitative estimate of drug-likeness (QED) is 0.737. The third-order valence-electron chi connectivity index (χ3n) is 1.08. The fourth-order valence-electron chi connectivity index (χ4n) is 0.590. The molecule has 0 aliphatic rings. The van der Waals surface area contributed by atoms with Crippen molar-refractivity contribution in [1.82, 2.24) is 0 Å². The molecule has 0 atom stereocenters. The first kappa shape index (κ1) is 8.62. The smallest absolute Gasteiger partial charge is 0.304 e. The van der Waals surface area contributed by atoms with Crippen LogP contribution in [0.5, 0.6) is 0 Å². The first-order chi connectivity index (χ1) is 5.29. The van der Waals surface area contributed by atoms with E-state index in [-0.39, 0.29) is 6.42 Å². The number of hydrogen-bond donors (Lipinski definition) is 1. The van der Waals surface area contributed by atoms with Gasteiger partial charge in [-0.2, -0.15) is 11.3 Å². The molecule has 0 fully saturated rings.